The molecule has 19 heavy (non-hydrogen) atoms. The van der Waals surface area contributed by atoms with Gasteiger partial charge in [-0.3, -0.25) is 4.79 Å². The summed E-state index contributed by atoms with van der Waals surface area (Å²) in [5.41, 5.74) is 1.52. The van der Waals surface area contributed by atoms with Gasteiger partial charge in [0.25, 0.3) is 0 Å². The quantitative estimate of drug-likeness (QED) is 0.866. The summed E-state index contributed by atoms with van der Waals surface area (Å²) in [4.78, 5) is 12.0. The number of ether oxygens (including phenoxy) is 1. The molecule has 1 saturated carbocycles. The average molecular weight is 282 g/mol. The molecule has 4 heteroatoms. The minimum atomic E-state index is -0.0928. The van der Waals surface area contributed by atoms with Gasteiger partial charge in [0.15, 0.2) is 0 Å². The third-order valence-corrected chi connectivity index (χ3v) is 4.15. The van der Waals surface area contributed by atoms with Crippen molar-refractivity contribution in [1.82, 2.24) is 5.32 Å². The topological polar surface area (TPSA) is 38.3 Å². The SMILES string of the molecule is Cl.O=C(OCc1ccccc1)[C@@H]1CC2(CCN1)CC2. The van der Waals surface area contributed by atoms with Crippen LogP contribution in [0.5, 0.6) is 0 Å². The molecule has 2 aliphatic rings. The summed E-state index contributed by atoms with van der Waals surface area (Å²) in [5.74, 6) is -0.0928. The van der Waals surface area contributed by atoms with Crippen molar-refractivity contribution >= 4 is 18.4 Å². The Balaban J connectivity index is 0.00000133. The summed E-state index contributed by atoms with van der Waals surface area (Å²) in [6.45, 7) is 1.33. The van der Waals surface area contributed by atoms with Crippen molar-refractivity contribution in [3.05, 3.63) is 35.9 Å². The molecular formula is C15H20ClNO2. The number of esters is 1. The molecule has 1 heterocycles. The van der Waals surface area contributed by atoms with Crippen LogP contribution in [-0.2, 0) is 16.1 Å². The van der Waals surface area contributed by atoms with Crippen molar-refractivity contribution in [1.29, 1.82) is 0 Å². The van der Waals surface area contributed by atoms with Gasteiger partial charge in [0.05, 0.1) is 0 Å². The Bertz CT molecular complexity index is 431. The molecule has 1 saturated heterocycles. The van der Waals surface area contributed by atoms with E-state index in [4.69, 9.17) is 4.74 Å². The molecule has 1 aliphatic heterocycles. The zero-order valence-electron chi connectivity index (χ0n) is 10.9. The Morgan fingerprint density at radius 1 is 1.26 bits per heavy atom. The lowest BCUT2D eigenvalue weighted by atomic mass is 9.89. The molecule has 104 valence electrons. The Kier molecular flexibility index (Phi) is 4.48. The highest BCUT2D eigenvalue weighted by Gasteiger charge is 2.47. The minimum Gasteiger partial charge on any atom is -0.460 e. The van der Waals surface area contributed by atoms with Gasteiger partial charge in [-0.1, -0.05) is 30.3 Å². The molecule has 0 aromatic heterocycles. The van der Waals surface area contributed by atoms with E-state index in [0.29, 0.717) is 12.0 Å². The number of halogens is 1. The van der Waals surface area contributed by atoms with Gasteiger partial charge in [0.2, 0.25) is 0 Å². The molecule has 0 radical (unpaired) electrons. The van der Waals surface area contributed by atoms with Crippen LogP contribution >= 0.6 is 12.4 Å². The van der Waals surface area contributed by atoms with Crippen LogP contribution in [0.25, 0.3) is 0 Å². The fraction of sp³-hybridized carbons (Fsp3) is 0.533. The number of carbonyl (C=O) groups is 1. The predicted octanol–water partition coefficient (Wildman–Crippen LogP) is 2.68. The van der Waals surface area contributed by atoms with Crippen molar-refractivity contribution in [2.45, 2.75) is 38.3 Å². The zero-order valence-corrected chi connectivity index (χ0v) is 11.7. The van der Waals surface area contributed by atoms with Crippen LogP contribution in [0.2, 0.25) is 0 Å². The van der Waals surface area contributed by atoms with Crippen LogP contribution in [0, 0.1) is 5.41 Å². The molecule has 0 unspecified atom stereocenters. The molecule has 1 spiro atoms. The second-order valence-corrected chi connectivity index (χ2v) is 5.55. The summed E-state index contributed by atoms with van der Waals surface area (Å²) >= 11 is 0. The lowest BCUT2D eigenvalue weighted by Crippen LogP contribution is -2.45. The van der Waals surface area contributed by atoms with Crippen molar-refractivity contribution in [3.8, 4) is 0 Å². The van der Waals surface area contributed by atoms with E-state index in [2.05, 4.69) is 5.32 Å². The van der Waals surface area contributed by atoms with Gasteiger partial charge < -0.3 is 10.1 Å². The van der Waals surface area contributed by atoms with Crippen LogP contribution in [0.3, 0.4) is 0 Å². The first-order valence-electron chi connectivity index (χ1n) is 6.71. The Labute approximate surface area is 120 Å². The molecular weight excluding hydrogens is 262 g/mol. The molecule has 1 aromatic rings. The number of piperidine rings is 1. The van der Waals surface area contributed by atoms with Crippen LogP contribution in [-0.4, -0.2) is 18.6 Å². The number of rotatable bonds is 3. The largest absolute Gasteiger partial charge is 0.460 e. The van der Waals surface area contributed by atoms with E-state index in [1.807, 2.05) is 30.3 Å². The molecule has 0 amide bonds. The van der Waals surface area contributed by atoms with E-state index in [1.165, 1.54) is 19.3 Å². The maximum atomic E-state index is 12.0. The second-order valence-electron chi connectivity index (χ2n) is 5.55. The summed E-state index contributed by atoms with van der Waals surface area (Å²) in [5, 5.41) is 3.28. The van der Waals surface area contributed by atoms with Crippen molar-refractivity contribution < 1.29 is 9.53 Å². The maximum absolute atomic E-state index is 12.0. The standard InChI is InChI=1S/C15H19NO2.ClH/c17-14(18-11-12-4-2-1-3-5-12)13-10-15(6-7-15)8-9-16-13;/h1-5,13,16H,6-11H2;1H/t13-;/m0./s1. The number of benzene rings is 1. The summed E-state index contributed by atoms with van der Waals surface area (Å²) in [6.07, 6.45) is 4.75. The molecule has 0 bridgehead atoms. The van der Waals surface area contributed by atoms with E-state index in [0.717, 1.165) is 18.5 Å². The number of hydrogen-bond acceptors (Lipinski definition) is 3. The van der Waals surface area contributed by atoms with Gasteiger partial charge >= 0.3 is 5.97 Å². The highest BCUT2D eigenvalue weighted by molar-refractivity contribution is 5.85. The van der Waals surface area contributed by atoms with E-state index in [9.17, 15) is 4.79 Å². The first-order chi connectivity index (χ1) is 8.77. The van der Waals surface area contributed by atoms with Crippen LogP contribution in [0.1, 0.15) is 31.2 Å². The van der Waals surface area contributed by atoms with Crippen molar-refractivity contribution in [2.24, 2.45) is 5.41 Å². The fourth-order valence-corrected chi connectivity index (χ4v) is 2.75. The monoisotopic (exact) mass is 281 g/mol. The molecule has 2 fully saturated rings. The second kappa shape index (κ2) is 5.93. The third-order valence-electron chi connectivity index (χ3n) is 4.15. The summed E-state index contributed by atoms with van der Waals surface area (Å²) in [7, 11) is 0. The molecule has 1 N–H and O–H groups in total. The van der Waals surface area contributed by atoms with Gasteiger partial charge in [0, 0.05) is 0 Å². The average Bonchev–Trinajstić information content (AvgIpc) is 3.16. The van der Waals surface area contributed by atoms with E-state index in [1.54, 1.807) is 0 Å². The van der Waals surface area contributed by atoms with Gasteiger partial charge in [0.1, 0.15) is 12.6 Å². The highest BCUT2D eigenvalue weighted by atomic mass is 35.5. The van der Waals surface area contributed by atoms with E-state index >= 15 is 0 Å². The maximum Gasteiger partial charge on any atom is 0.323 e. The fourth-order valence-electron chi connectivity index (χ4n) is 2.75. The Morgan fingerprint density at radius 2 is 2.00 bits per heavy atom. The van der Waals surface area contributed by atoms with E-state index in [-0.39, 0.29) is 24.4 Å². The Hall–Kier alpha value is -1.06. The number of carbonyl (C=O) groups excluding carboxylic acids is 1. The predicted molar refractivity (Wildman–Crippen MR) is 76.2 cm³/mol. The van der Waals surface area contributed by atoms with Gasteiger partial charge in [-0.15, -0.1) is 12.4 Å². The first-order valence-corrected chi connectivity index (χ1v) is 6.71. The van der Waals surface area contributed by atoms with Crippen LogP contribution < -0.4 is 5.32 Å². The summed E-state index contributed by atoms with van der Waals surface area (Å²) in [6, 6.07) is 9.74. The first kappa shape index (κ1) is 14.4. The number of nitrogens with one attached hydrogen (secondary N) is 1. The zero-order chi connectivity index (χ0) is 12.4. The smallest absolute Gasteiger partial charge is 0.323 e. The molecule has 3 nitrogen and oxygen atoms in total. The van der Waals surface area contributed by atoms with Crippen LogP contribution in [0.4, 0.5) is 0 Å². The molecule has 3 rings (SSSR count). The van der Waals surface area contributed by atoms with E-state index < -0.39 is 0 Å². The lowest BCUT2D eigenvalue weighted by molar-refractivity contribution is -0.148. The molecule has 1 aromatic carbocycles. The summed E-state index contributed by atoms with van der Waals surface area (Å²) < 4.78 is 5.39. The Morgan fingerprint density at radius 3 is 2.68 bits per heavy atom. The number of hydrogen-bond donors (Lipinski definition) is 1. The third kappa shape index (κ3) is 3.48. The van der Waals surface area contributed by atoms with Crippen molar-refractivity contribution in [2.75, 3.05) is 6.54 Å². The minimum absolute atomic E-state index is 0. The molecule has 1 aliphatic carbocycles. The van der Waals surface area contributed by atoms with Crippen LogP contribution in [0.15, 0.2) is 30.3 Å². The highest BCUT2D eigenvalue weighted by Crippen LogP contribution is 2.53. The normalized spacial score (nSPS) is 23.5. The van der Waals surface area contributed by atoms with Gasteiger partial charge in [-0.05, 0) is 43.2 Å². The lowest BCUT2D eigenvalue weighted by Gasteiger charge is -2.28. The van der Waals surface area contributed by atoms with Gasteiger partial charge in [-0.2, -0.15) is 0 Å². The van der Waals surface area contributed by atoms with Gasteiger partial charge in [-0.25, -0.2) is 0 Å². The van der Waals surface area contributed by atoms with Crippen molar-refractivity contribution in [3.63, 3.8) is 0 Å². The molecule has 1 atom stereocenters.